The number of halogens is 2. The van der Waals surface area contributed by atoms with Crippen molar-refractivity contribution in [3.05, 3.63) is 88.3 Å². The third-order valence-corrected chi connectivity index (χ3v) is 7.14. The number of rotatable bonds is 6. The van der Waals surface area contributed by atoms with E-state index < -0.39 is 10.0 Å². The highest BCUT2D eigenvalue weighted by molar-refractivity contribution is 9.10. The molecule has 3 aromatic carbocycles. The Kier molecular flexibility index (Phi) is 5.88. The van der Waals surface area contributed by atoms with Crippen LogP contribution in [0.15, 0.2) is 76.2 Å². The van der Waals surface area contributed by atoms with Crippen molar-refractivity contribution in [3.63, 3.8) is 0 Å². The van der Waals surface area contributed by atoms with E-state index >= 15 is 0 Å². The van der Waals surface area contributed by atoms with Gasteiger partial charge in [-0.25, -0.2) is 16.8 Å². The van der Waals surface area contributed by atoms with Crippen LogP contribution in [0.1, 0.15) is 11.1 Å². The van der Waals surface area contributed by atoms with E-state index in [-0.39, 0.29) is 10.7 Å². The SMILES string of the molecule is CNCc1cn(S(=O)(=O)c2cccc(Br)c2)c2cc(Nc3ccc(C)cc3F)ccc12. The van der Waals surface area contributed by atoms with Gasteiger partial charge < -0.3 is 10.6 Å². The zero-order chi connectivity index (χ0) is 22.2. The van der Waals surface area contributed by atoms with Crippen molar-refractivity contribution in [2.75, 3.05) is 12.4 Å². The monoisotopic (exact) mass is 501 g/mol. The van der Waals surface area contributed by atoms with E-state index in [1.807, 2.05) is 32.2 Å². The van der Waals surface area contributed by atoms with Crippen LogP contribution in [0.3, 0.4) is 0 Å². The number of anilines is 2. The molecule has 0 unspecified atom stereocenters. The highest BCUT2D eigenvalue weighted by Crippen LogP contribution is 2.31. The molecule has 0 aliphatic rings. The Morgan fingerprint density at radius 1 is 1.06 bits per heavy atom. The van der Waals surface area contributed by atoms with Crippen molar-refractivity contribution in [3.8, 4) is 0 Å². The van der Waals surface area contributed by atoms with Crippen LogP contribution in [0.25, 0.3) is 10.9 Å². The van der Waals surface area contributed by atoms with Crippen LogP contribution >= 0.6 is 15.9 Å². The van der Waals surface area contributed by atoms with E-state index in [0.29, 0.717) is 27.9 Å². The molecule has 0 aliphatic carbocycles. The summed E-state index contributed by atoms with van der Waals surface area (Å²) in [6, 6.07) is 16.9. The second-order valence-corrected chi connectivity index (χ2v) is 10.0. The molecule has 0 saturated heterocycles. The van der Waals surface area contributed by atoms with Crippen molar-refractivity contribution in [1.29, 1.82) is 0 Å². The number of hydrogen-bond donors (Lipinski definition) is 2. The number of hydrogen-bond acceptors (Lipinski definition) is 4. The molecule has 0 bridgehead atoms. The molecule has 8 heteroatoms. The normalized spacial score (nSPS) is 11.7. The Morgan fingerprint density at radius 2 is 1.87 bits per heavy atom. The molecule has 1 aromatic heterocycles. The zero-order valence-corrected chi connectivity index (χ0v) is 19.4. The highest BCUT2D eigenvalue weighted by Gasteiger charge is 2.22. The summed E-state index contributed by atoms with van der Waals surface area (Å²) in [6.07, 6.45) is 1.63. The first-order chi connectivity index (χ1) is 14.8. The number of aromatic nitrogens is 1. The van der Waals surface area contributed by atoms with Crippen molar-refractivity contribution in [2.24, 2.45) is 0 Å². The molecule has 0 fully saturated rings. The molecule has 0 radical (unpaired) electrons. The second kappa shape index (κ2) is 8.45. The van der Waals surface area contributed by atoms with Gasteiger partial charge in [0.1, 0.15) is 5.82 Å². The van der Waals surface area contributed by atoms with Crippen molar-refractivity contribution >= 4 is 48.2 Å². The van der Waals surface area contributed by atoms with Crippen LogP contribution in [-0.2, 0) is 16.6 Å². The summed E-state index contributed by atoms with van der Waals surface area (Å²) in [4.78, 5) is 0.178. The van der Waals surface area contributed by atoms with Gasteiger partial charge in [0.2, 0.25) is 0 Å². The Bertz CT molecular complexity index is 1380. The lowest BCUT2D eigenvalue weighted by atomic mass is 10.1. The predicted octanol–water partition coefficient (Wildman–Crippen LogP) is 5.55. The van der Waals surface area contributed by atoms with Crippen LogP contribution in [0, 0.1) is 12.7 Å². The summed E-state index contributed by atoms with van der Waals surface area (Å²) in [6.45, 7) is 2.33. The Labute approximate surface area is 189 Å². The van der Waals surface area contributed by atoms with Gasteiger partial charge in [-0.15, -0.1) is 0 Å². The Balaban J connectivity index is 1.85. The van der Waals surface area contributed by atoms with Crippen LogP contribution in [-0.4, -0.2) is 19.4 Å². The zero-order valence-electron chi connectivity index (χ0n) is 17.0. The van der Waals surface area contributed by atoms with Gasteiger partial charge in [-0.2, -0.15) is 0 Å². The maximum atomic E-state index is 14.3. The van der Waals surface area contributed by atoms with Gasteiger partial charge in [0.05, 0.1) is 16.1 Å². The average molecular weight is 502 g/mol. The first-order valence-electron chi connectivity index (χ1n) is 9.62. The molecule has 0 atom stereocenters. The largest absolute Gasteiger partial charge is 0.353 e. The number of nitrogens with one attached hydrogen (secondary N) is 2. The lowest BCUT2D eigenvalue weighted by molar-refractivity contribution is 0.589. The highest BCUT2D eigenvalue weighted by atomic mass is 79.9. The van der Waals surface area contributed by atoms with E-state index in [1.54, 1.807) is 42.6 Å². The molecule has 0 amide bonds. The minimum absolute atomic E-state index is 0.178. The first-order valence-corrected chi connectivity index (χ1v) is 11.9. The molecule has 0 aliphatic heterocycles. The number of nitrogens with zero attached hydrogens (tertiary/aromatic N) is 1. The summed E-state index contributed by atoms with van der Waals surface area (Å²) in [5.74, 6) is -0.367. The average Bonchev–Trinajstić information content (AvgIpc) is 3.09. The lowest BCUT2D eigenvalue weighted by Gasteiger charge is -2.11. The Morgan fingerprint density at radius 3 is 2.58 bits per heavy atom. The van der Waals surface area contributed by atoms with Crippen LogP contribution in [0.4, 0.5) is 15.8 Å². The molecule has 0 saturated carbocycles. The fourth-order valence-corrected chi connectivity index (χ4v) is 5.47. The Hall–Kier alpha value is -2.68. The number of benzene rings is 3. The third-order valence-electron chi connectivity index (χ3n) is 4.98. The summed E-state index contributed by atoms with van der Waals surface area (Å²) in [5.41, 5.74) is 3.11. The molecule has 4 aromatic rings. The van der Waals surface area contributed by atoms with E-state index in [1.165, 1.54) is 10.0 Å². The third kappa shape index (κ3) is 4.23. The van der Waals surface area contributed by atoms with Crippen molar-refractivity contribution in [2.45, 2.75) is 18.4 Å². The summed E-state index contributed by atoms with van der Waals surface area (Å²) < 4.78 is 43.1. The van der Waals surface area contributed by atoms with Crippen LogP contribution in [0.5, 0.6) is 0 Å². The molecular weight excluding hydrogens is 481 g/mol. The molecule has 31 heavy (non-hydrogen) atoms. The van der Waals surface area contributed by atoms with Gasteiger partial charge in [0.15, 0.2) is 0 Å². The minimum atomic E-state index is -3.83. The van der Waals surface area contributed by atoms with Gasteiger partial charge in [0, 0.05) is 28.3 Å². The minimum Gasteiger partial charge on any atom is -0.353 e. The molecule has 0 spiro atoms. The molecule has 2 N–H and O–H groups in total. The molecule has 1 heterocycles. The standard InChI is InChI=1S/C23H21BrFN3O2S/c1-15-6-9-22(21(25)10-15)27-18-7-8-20-16(13-26-2)14-28(23(20)12-18)31(29,30)19-5-3-4-17(24)11-19/h3-12,14,26-27H,13H2,1-2H3. The summed E-state index contributed by atoms with van der Waals surface area (Å²) >= 11 is 3.34. The fourth-order valence-electron chi connectivity index (χ4n) is 3.49. The number of fused-ring (bicyclic) bond motifs is 1. The smallest absolute Gasteiger partial charge is 0.268 e. The fraction of sp³-hybridized carbons (Fsp3) is 0.130. The lowest BCUT2D eigenvalue weighted by Crippen LogP contribution is -2.12. The second-order valence-electron chi connectivity index (χ2n) is 7.28. The van der Waals surface area contributed by atoms with Crippen molar-refractivity contribution < 1.29 is 12.8 Å². The van der Waals surface area contributed by atoms with E-state index in [0.717, 1.165) is 16.5 Å². The molecular formula is C23H21BrFN3O2S. The summed E-state index contributed by atoms with van der Waals surface area (Å²) in [7, 11) is -2.02. The van der Waals surface area contributed by atoms with E-state index in [4.69, 9.17) is 0 Å². The van der Waals surface area contributed by atoms with Gasteiger partial charge in [-0.3, -0.25) is 0 Å². The molecule has 160 valence electrons. The van der Waals surface area contributed by atoms with E-state index in [9.17, 15) is 12.8 Å². The van der Waals surface area contributed by atoms with Crippen molar-refractivity contribution in [1.82, 2.24) is 9.29 Å². The number of aryl methyl sites for hydroxylation is 1. The van der Waals surface area contributed by atoms with Gasteiger partial charge in [-0.05, 0) is 67.6 Å². The van der Waals surface area contributed by atoms with Gasteiger partial charge in [-0.1, -0.05) is 34.1 Å². The predicted molar refractivity (Wildman–Crippen MR) is 126 cm³/mol. The molecule has 5 nitrogen and oxygen atoms in total. The topological polar surface area (TPSA) is 63.1 Å². The first kappa shape index (κ1) is 21.5. The maximum absolute atomic E-state index is 14.3. The molecule has 4 rings (SSSR count). The van der Waals surface area contributed by atoms with Gasteiger partial charge in [0.25, 0.3) is 10.0 Å². The maximum Gasteiger partial charge on any atom is 0.268 e. The van der Waals surface area contributed by atoms with E-state index in [2.05, 4.69) is 26.6 Å². The van der Waals surface area contributed by atoms with Gasteiger partial charge >= 0.3 is 0 Å². The quantitative estimate of drug-likeness (QED) is 0.363. The van der Waals surface area contributed by atoms with Crippen LogP contribution < -0.4 is 10.6 Å². The summed E-state index contributed by atoms with van der Waals surface area (Å²) in [5, 5.41) is 6.94. The van der Waals surface area contributed by atoms with Crippen LogP contribution in [0.2, 0.25) is 0 Å².